The SMILES string of the molecule is [I-].[I-].[I][Re]([I])([I])[I].[K+].[K+]. The molecule has 0 rings (SSSR count). The van der Waals surface area contributed by atoms with Crippen LogP contribution in [0.1, 0.15) is 0 Å². The van der Waals surface area contributed by atoms with E-state index >= 15 is 0 Å². The predicted molar refractivity (Wildman–Crippen MR) is 56.1 cm³/mol. The summed E-state index contributed by atoms with van der Waals surface area (Å²) in [5.41, 5.74) is 0. The van der Waals surface area contributed by atoms with Crippen molar-refractivity contribution in [2.45, 2.75) is 0 Å². The van der Waals surface area contributed by atoms with Crippen molar-refractivity contribution in [2.24, 2.45) is 0 Å². The van der Waals surface area contributed by atoms with E-state index in [2.05, 4.69) is 78.1 Å². The second-order valence-electron chi connectivity index (χ2n) is 0.324. The Kier molecular flexibility index (Phi) is 63.1. The van der Waals surface area contributed by atoms with E-state index < -0.39 is 1.08 Å². The normalized spacial score (nSPS) is 8.44. The third-order valence-corrected chi connectivity index (χ3v) is 0. The Labute approximate surface area is 221 Å². The second-order valence-corrected chi connectivity index (χ2v) is 119. The Bertz CT molecular complexity index is 26.5. The largest absolute Gasteiger partial charge is 1.00 e. The van der Waals surface area contributed by atoms with Gasteiger partial charge in [0.25, 0.3) is 0 Å². The fourth-order valence-corrected chi connectivity index (χ4v) is 0. The second kappa shape index (κ2) is 18.7. The van der Waals surface area contributed by atoms with Gasteiger partial charge in [0.05, 0.1) is 0 Å². The molecule has 0 aromatic heterocycles. The molecule has 0 aliphatic heterocycles. The molecule has 0 saturated heterocycles. The summed E-state index contributed by atoms with van der Waals surface area (Å²) in [6.45, 7) is 0. The molecule has 0 aliphatic rings. The molecule has 0 radical (unpaired) electrons. The van der Waals surface area contributed by atoms with Crippen LogP contribution in [0, 0.1) is 0 Å². The first-order chi connectivity index (χ1) is 2.00. The van der Waals surface area contributed by atoms with Gasteiger partial charge in [-0.3, -0.25) is 0 Å². The monoisotopic (exact) mass is 1030 g/mol. The molecule has 0 amide bonds. The molecule has 0 unspecified atom stereocenters. The Morgan fingerprint density at radius 1 is 0.667 bits per heavy atom. The summed E-state index contributed by atoms with van der Waals surface area (Å²) >= 11 is 10.2. The van der Waals surface area contributed by atoms with Gasteiger partial charge in [-0.15, -0.1) is 0 Å². The first-order valence-corrected chi connectivity index (χ1v) is 31.4. The van der Waals surface area contributed by atoms with Crippen molar-refractivity contribution >= 4 is 78.1 Å². The van der Waals surface area contributed by atoms with E-state index in [1.54, 1.807) is 0 Å². The van der Waals surface area contributed by atoms with Gasteiger partial charge in [0, 0.05) is 0 Å². The van der Waals surface area contributed by atoms with E-state index in [0.29, 0.717) is 0 Å². The summed E-state index contributed by atoms with van der Waals surface area (Å²) in [5, 5.41) is 0. The van der Waals surface area contributed by atoms with Crippen LogP contribution >= 0.6 is 78.1 Å². The number of hydrogen-bond acceptors (Lipinski definition) is 0. The maximum atomic E-state index is 2.54. The minimum atomic E-state index is -1.23. The van der Waals surface area contributed by atoms with Crippen LogP contribution in [-0.4, -0.2) is 0 Å². The minimum absolute atomic E-state index is 0. The van der Waals surface area contributed by atoms with Crippen molar-refractivity contribution in [2.75, 3.05) is 0 Å². The molecule has 0 N–H and O–H groups in total. The number of rotatable bonds is 0. The molecule has 0 fully saturated rings. The van der Waals surface area contributed by atoms with Crippen molar-refractivity contribution in [1.82, 2.24) is 0 Å². The zero-order chi connectivity index (χ0) is 4.50. The maximum Gasteiger partial charge on any atom is 1.00 e. The van der Waals surface area contributed by atoms with Crippen molar-refractivity contribution in [3.63, 3.8) is 0 Å². The minimum Gasteiger partial charge on any atom is 1.00 e. The smallest absolute Gasteiger partial charge is 1.00 e. The maximum absolute atomic E-state index is 2.54. The van der Waals surface area contributed by atoms with Gasteiger partial charge >= 0.3 is 182 Å². The first-order valence-electron chi connectivity index (χ1n) is 0.571. The van der Waals surface area contributed by atoms with Crippen LogP contribution in [-0.2, 0) is 1.08 Å². The third kappa shape index (κ3) is 48.4. The zero-order valence-electron chi connectivity index (χ0n) is 4.65. The molecule has 51 valence electrons. The molecular weight excluding hydrogens is 1030 g/mol. The van der Waals surface area contributed by atoms with E-state index in [1.165, 1.54) is 0 Å². The molecule has 9 heavy (non-hydrogen) atoms. The van der Waals surface area contributed by atoms with Gasteiger partial charge in [-0.25, -0.2) is 0 Å². The summed E-state index contributed by atoms with van der Waals surface area (Å²) in [4.78, 5) is 0. The van der Waals surface area contributed by atoms with E-state index in [4.69, 9.17) is 0 Å². The number of halogens is 6. The van der Waals surface area contributed by atoms with Gasteiger partial charge in [0.1, 0.15) is 0 Å². The molecule has 0 saturated carbocycles. The molecular formula is I6K2Re. The third-order valence-electron chi connectivity index (χ3n) is 0. The van der Waals surface area contributed by atoms with Gasteiger partial charge in [-0.05, 0) is 0 Å². The molecule has 9 heteroatoms. The van der Waals surface area contributed by atoms with Crippen molar-refractivity contribution in [3.8, 4) is 0 Å². The van der Waals surface area contributed by atoms with E-state index in [9.17, 15) is 0 Å². The Morgan fingerprint density at radius 2 is 0.667 bits per heavy atom. The first kappa shape index (κ1) is 30.4. The molecule has 0 nitrogen and oxygen atoms in total. The summed E-state index contributed by atoms with van der Waals surface area (Å²) in [6.07, 6.45) is 0. The van der Waals surface area contributed by atoms with Crippen molar-refractivity contribution < 1.29 is 152 Å². The predicted octanol–water partition coefficient (Wildman–Crippen LogP) is -8.44. The average molecular weight is 1030 g/mol. The van der Waals surface area contributed by atoms with Crippen LogP contribution in [0.25, 0.3) is 0 Å². The summed E-state index contributed by atoms with van der Waals surface area (Å²) < 4.78 is -1.23. The molecule has 0 spiro atoms. The van der Waals surface area contributed by atoms with Gasteiger partial charge in [-0.1, -0.05) is 0 Å². The molecule has 0 aromatic rings. The Hall–Kier alpha value is 8.32. The molecule has 0 atom stereocenters. The molecule has 0 bridgehead atoms. The standard InChI is InChI=1S/6HI.2K.Re/h6*1H;;;/q;;;;;;2*+1;+4/p-6. The summed E-state index contributed by atoms with van der Waals surface area (Å²) in [7, 11) is 0. The molecule has 0 aliphatic carbocycles. The molecule has 0 heterocycles. The zero-order valence-corrected chi connectivity index (χ0v) is 26.6. The van der Waals surface area contributed by atoms with Gasteiger partial charge in [0.15, 0.2) is 0 Å². The van der Waals surface area contributed by atoms with Crippen LogP contribution in [0.2, 0.25) is 0 Å². The van der Waals surface area contributed by atoms with E-state index in [1.807, 2.05) is 0 Å². The summed E-state index contributed by atoms with van der Waals surface area (Å²) in [6, 6.07) is 0. The molecule has 0 aromatic carbocycles. The van der Waals surface area contributed by atoms with E-state index in [-0.39, 0.29) is 151 Å². The van der Waals surface area contributed by atoms with Crippen LogP contribution in [0.15, 0.2) is 0 Å². The fourth-order valence-electron chi connectivity index (χ4n) is 0. The average Bonchev–Trinajstić information content (AvgIpc) is 0.722. The van der Waals surface area contributed by atoms with Gasteiger partial charge in [0.2, 0.25) is 0 Å². The van der Waals surface area contributed by atoms with Crippen LogP contribution in [0.5, 0.6) is 0 Å². The Morgan fingerprint density at radius 3 is 0.667 bits per heavy atom. The van der Waals surface area contributed by atoms with Crippen molar-refractivity contribution in [3.05, 3.63) is 0 Å². The Balaban J connectivity index is -0.0000000133. The summed E-state index contributed by atoms with van der Waals surface area (Å²) in [5.74, 6) is 0. The quantitative estimate of drug-likeness (QED) is 0.168. The topological polar surface area (TPSA) is 0 Å². The van der Waals surface area contributed by atoms with Gasteiger partial charge in [-0.2, -0.15) is 0 Å². The number of hydrogen-bond donors (Lipinski definition) is 0. The fraction of sp³-hybridized carbons (Fsp3) is 0. The van der Waals surface area contributed by atoms with Crippen LogP contribution < -0.4 is 151 Å². The van der Waals surface area contributed by atoms with Crippen molar-refractivity contribution in [1.29, 1.82) is 0 Å². The van der Waals surface area contributed by atoms with E-state index in [0.717, 1.165) is 0 Å². The van der Waals surface area contributed by atoms with Crippen LogP contribution in [0.4, 0.5) is 0 Å². The van der Waals surface area contributed by atoms with Gasteiger partial charge < -0.3 is 48.0 Å². The van der Waals surface area contributed by atoms with Crippen LogP contribution in [0.3, 0.4) is 0 Å².